The van der Waals surface area contributed by atoms with Crippen LogP contribution in [0.2, 0.25) is 0 Å². The Morgan fingerprint density at radius 3 is 3.00 bits per heavy atom. The molecule has 1 heterocycles. The minimum Gasteiger partial charge on any atom is -0.392 e. The lowest BCUT2D eigenvalue weighted by molar-refractivity contribution is -0.124. The Bertz CT molecular complexity index is 431. The van der Waals surface area contributed by atoms with Gasteiger partial charge in [0.25, 0.3) is 0 Å². The summed E-state index contributed by atoms with van der Waals surface area (Å²) in [6, 6.07) is 4.59. The quantitative estimate of drug-likeness (QED) is 0.733. The van der Waals surface area contributed by atoms with E-state index in [1.165, 1.54) is 12.1 Å². The van der Waals surface area contributed by atoms with Crippen molar-refractivity contribution in [2.24, 2.45) is 5.92 Å². The van der Waals surface area contributed by atoms with Gasteiger partial charge >= 0.3 is 0 Å². The van der Waals surface area contributed by atoms with Gasteiger partial charge in [-0.05, 0) is 24.6 Å². The number of halogens is 1. The number of hydrogen-bond acceptors (Lipinski definition) is 3. The van der Waals surface area contributed by atoms with E-state index < -0.39 is 5.82 Å². The number of aliphatic hydroxyl groups is 1. The van der Waals surface area contributed by atoms with E-state index in [9.17, 15) is 9.18 Å². The zero-order valence-corrected chi connectivity index (χ0v) is 10.1. The lowest BCUT2D eigenvalue weighted by Gasteiger charge is -2.10. The molecular formula is C13H17FN2O2. The van der Waals surface area contributed by atoms with Gasteiger partial charge in [0.1, 0.15) is 5.82 Å². The fraction of sp³-hybridized carbons (Fsp3) is 0.462. The van der Waals surface area contributed by atoms with Crippen molar-refractivity contribution < 1.29 is 14.3 Å². The molecule has 0 aromatic heterocycles. The second-order valence-electron chi connectivity index (χ2n) is 4.49. The molecule has 1 unspecified atom stereocenters. The van der Waals surface area contributed by atoms with Crippen LogP contribution < -0.4 is 10.6 Å². The Morgan fingerprint density at radius 2 is 2.39 bits per heavy atom. The molecule has 1 saturated heterocycles. The molecule has 3 N–H and O–H groups in total. The molecule has 0 saturated carbocycles. The van der Waals surface area contributed by atoms with Gasteiger partial charge in [-0.2, -0.15) is 0 Å². The molecule has 1 fully saturated rings. The largest absolute Gasteiger partial charge is 0.392 e. The summed E-state index contributed by atoms with van der Waals surface area (Å²) in [5.41, 5.74) is 0.967. The van der Waals surface area contributed by atoms with Crippen LogP contribution in [0.1, 0.15) is 17.5 Å². The molecule has 0 bridgehead atoms. The summed E-state index contributed by atoms with van der Waals surface area (Å²) >= 11 is 0. The zero-order chi connectivity index (χ0) is 13.0. The van der Waals surface area contributed by atoms with Crippen LogP contribution in [-0.4, -0.2) is 24.1 Å². The molecule has 1 amide bonds. The van der Waals surface area contributed by atoms with E-state index in [1.54, 1.807) is 6.07 Å². The molecule has 5 heteroatoms. The Balaban J connectivity index is 1.89. The summed E-state index contributed by atoms with van der Waals surface area (Å²) in [7, 11) is 0. The summed E-state index contributed by atoms with van der Waals surface area (Å²) in [5.74, 6) is -0.412. The molecule has 4 nitrogen and oxygen atoms in total. The second-order valence-corrected chi connectivity index (χ2v) is 4.49. The van der Waals surface area contributed by atoms with Gasteiger partial charge in [0.2, 0.25) is 5.91 Å². The van der Waals surface area contributed by atoms with E-state index >= 15 is 0 Å². The molecule has 98 valence electrons. The summed E-state index contributed by atoms with van der Waals surface area (Å²) in [4.78, 5) is 11.7. The SMILES string of the molecule is O=C(NCc1ccc(CO)c(F)c1)C1CCNC1. The minimum atomic E-state index is -0.438. The maximum absolute atomic E-state index is 13.4. The van der Waals surface area contributed by atoms with Gasteiger partial charge in [0.05, 0.1) is 12.5 Å². The van der Waals surface area contributed by atoms with Crippen LogP contribution in [-0.2, 0) is 17.9 Å². The topological polar surface area (TPSA) is 61.4 Å². The zero-order valence-electron chi connectivity index (χ0n) is 10.1. The number of hydrogen-bond donors (Lipinski definition) is 3. The van der Waals surface area contributed by atoms with Gasteiger partial charge in [0.15, 0.2) is 0 Å². The Hall–Kier alpha value is -1.46. The molecule has 1 aliphatic rings. The lowest BCUT2D eigenvalue weighted by Crippen LogP contribution is -2.31. The first kappa shape index (κ1) is 13.0. The highest BCUT2D eigenvalue weighted by Gasteiger charge is 2.21. The highest BCUT2D eigenvalue weighted by Crippen LogP contribution is 2.11. The van der Waals surface area contributed by atoms with Crippen molar-refractivity contribution in [3.8, 4) is 0 Å². The predicted octanol–water partition coefficient (Wildman–Crippen LogP) is 0.544. The molecule has 1 atom stereocenters. The molecule has 1 aliphatic heterocycles. The van der Waals surface area contributed by atoms with Crippen molar-refractivity contribution in [2.75, 3.05) is 13.1 Å². The van der Waals surface area contributed by atoms with Crippen molar-refractivity contribution in [2.45, 2.75) is 19.6 Å². The molecule has 0 radical (unpaired) electrons. The van der Waals surface area contributed by atoms with E-state index in [4.69, 9.17) is 5.11 Å². The van der Waals surface area contributed by atoms with Crippen molar-refractivity contribution in [1.29, 1.82) is 0 Å². The van der Waals surface area contributed by atoms with Crippen molar-refractivity contribution >= 4 is 5.91 Å². The van der Waals surface area contributed by atoms with Gasteiger partial charge in [-0.15, -0.1) is 0 Å². The van der Waals surface area contributed by atoms with E-state index in [1.807, 2.05) is 0 Å². The average molecular weight is 252 g/mol. The van der Waals surface area contributed by atoms with Gasteiger partial charge in [0, 0.05) is 18.7 Å². The molecule has 2 rings (SSSR count). The van der Waals surface area contributed by atoms with Crippen LogP contribution in [0.3, 0.4) is 0 Å². The monoisotopic (exact) mass is 252 g/mol. The van der Waals surface area contributed by atoms with Crippen molar-refractivity contribution in [3.05, 3.63) is 35.1 Å². The van der Waals surface area contributed by atoms with Crippen LogP contribution in [0.5, 0.6) is 0 Å². The molecule has 1 aromatic carbocycles. The second kappa shape index (κ2) is 5.93. The first-order valence-electron chi connectivity index (χ1n) is 6.07. The van der Waals surface area contributed by atoms with Crippen LogP contribution in [0.4, 0.5) is 4.39 Å². The van der Waals surface area contributed by atoms with Gasteiger partial charge in [-0.25, -0.2) is 4.39 Å². The molecule has 18 heavy (non-hydrogen) atoms. The number of nitrogens with one attached hydrogen (secondary N) is 2. The standard InChI is InChI=1S/C13H17FN2O2/c14-12-5-9(1-2-11(12)8-17)6-16-13(18)10-3-4-15-7-10/h1-2,5,10,15,17H,3-4,6-8H2,(H,16,18). The fourth-order valence-corrected chi connectivity index (χ4v) is 2.04. The maximum atomic E-state index is 13.4. The number of carbonyl (C=O) groups excluding carboxylic acids is 1. The molecule has 0 aliphatic carbocycles. The van der Waals surface area contributed by atoms with Gasteiger partial charge in [-0.1, -0.05) is 12.1 Å². The van der Waals surface area contributed by atoms with Gasteiger partial charge in [-0.3, -0.25) is 4.79 Å². The van der Waals surface area contributed by atoms with Crippen LogP contribution in [0.15, 0.2) is 18.2 Å². The van der Waals surface area contributed by atoms with Gasteiger partial charge < -0.3 is 15.7 Å². The van der Waals surface area contributed by atoms with E-state index in [-0.39, 0.29) is 24.0 Å². The smallest absolute Gasteiger partial charge is 0.224 e. The summed E-state index contributed by atoms with van der Waals surface area (Å²) in [6.07, 6.45) is 0.851. The minimum absolute atomic E-state index is 0.00615. The number of aliphatic hydroxyl groups excluding tert-OH is 1. The molecule has 1 aromatic rings. The maximum Gasteiger partial charge on any atom is 0.224 e. The first-order chi connectivity index (χ1) is 8.70. The third-order valence-corrected chi connectivity index (χ3v) is 3.19. The normalized spacial score (nSPS) is 18.9. The number of rotatable bonds is 4. The predicted molar refractivity (Wildman–Crippen MR) is 65.1 cm³/mol. The summed E-state index contributed by atoms with van der Waals surface area (Å²) < 4.78 is 13.4. The average Bonchev–Trinajstić information content (AvgIpc) is 2.90. The lowest BCUT2D eigenvalue weighted by atomic mass is 10.1. The Labute approximate surface area is 105 Å². The Morgan fingerprint density at radius 1 is 1.56 bits per heavy atom. The Kier molecular flexibility index (Phi) is 4.28. The van der Waals surface area contributed by atoms with E-state index in [0.29, 0.717) is 18.7 Å². The summed E-state index contributed by atoms with van der Waals surface area (Å²) in [5, 5.41) is 14.8. The number of benzene rings is 1. The van der Waals surface area contributed by atoms with Crippen LogP contribution in [0.25, 0.3) is 0 Å². The van der Waals surface area contributed by atoms with Crippen molar-refractivity contribution in [3.63, 3.8) is 0 Å². The molecule has 0 spiro atoms. The first-order valence-corrected chi connectivity index (χ1v) is 6.07. The number of amides is 1. The summed E-state index contributed by atoms with van der Waals surface area (Å²) in [6.45, 7) is 1.59. The third-order valence-electron chi connectivity index (χ3n) is 3.19. The van der Waals surface area contributed by atoms with Crippen molar-refractivity contribution in [1.82, 2.24) is 10.6 Å². The highest BCUT2D eigenvalue weighted by atomic mass is 19.1. The molecular weight excluding hydrogens is 235 g/mol. The van der Waals surface area contributed by atoms with E-state index in [0.717, 1.165) is 13.0 Å². The van der Waals surface area contributed by atoms with E-state index in [2.05, 4.69) is 10.6 Å². The third kappa shape index (κ3) is 3.05. The number of carbonyl (C=O) groups is 1. The fourth-order valence-electron chi connectivity index (χ4n) is 2.04. The highest BCUT2D eigenvalue weighted by molar-refractivity contribution is 5.79. The van der Waals surface area contributed by atoms with Crippen LogP contribution in [0, 0.1) is 11.7 Å². The van der Waals surface area contributed by atoms with Crippen LogP contribution >= 0.6 is 0 Å².